The van der Waals surface area contributed by atoms with Crippen molar-refractivity contribution >= 4 is 0 Å². The zero-order valence-electron chi connectivity index (χ0n) is 15.5. The Morgan fingerprint density at radius 3 is 2.36 bits per heavy atom. The van der Waals surface area contributed by atoms with Crippen LogP contribution in [0.1, 0.15) is 42.1 Å². The summed E-state index contributed by atoms with van der Waals surface area (Å²) in [4.78, 5) is 0. The minimum atomic E-state index is 0.156. The van der Waals surface area contributed by atoms with Crippen molar-refractivity contribution < 1.29 is 14.2 Å². The number of aryl methyl sites for hydroxylation is 1. The highest BCUT2D eigenvalue weighted by Crippen LogP contribution is 2.38. The third kappa shape index (κ3) is 3.59. The molecular formula is C21H27NO3. The average Bonchev–Trinajstić information content (AvgIpc) is 2.62. The fraction of sp³-hybridized carbons (Fsp3) is 0.429. The predicted octanol–water partition coefficient (Wildman–Crippen LogP) is 4.04. The number of hydrogen-bond acceptors (Lipinski definition) is 4. The second-order valence-corrected chi connectivity index (χ2v) is 6.23. The van der Waals surface area contributed by atoms with Crippen LogP contribution in [-0.2, 0) is 6.42 Å². The first kappa shape index (κ1) is 17.6. The molecule has 1 aliphatic heterocycles. The molecule has 0 saturated carbocycles. The molecule has 0 fully saturated rings. The molecule has 4 nitrogen and oxygen atoms in total. The van der Waals surface area contributed by atoms with Crippen LogP contribution < -0.4 is 19.5 Å². The van der Waals surface area contributed by atoms with Gasteiger partial charge in [-0.2, -0.15) is 0 Å². The molecule has 1 heterocycles. The SMILES string of the molecule is CCOc1cc2c(cc1OCC)C(c1ccc(OC)c(C)c1)NCC2. The Morgan fingerprint density at radius 2 is 1.72 bits per heavy atom. The molecule has 0 saturated heterocycles. The summed E-state index contributed by atoms with van der Waals surface area (Å²) in [5.41, 5.74) is 4.97. The van der Waals surface area contributed by atoms with Crippen LogP contribution in [-0.4, -0.2) is 26.9 Å². The van der Waals surface area contributed by atoms with Gasteiger partial charge >= 0.3 is 0 Å². The third-order valence-electron chi connectivity index (χ3n) is 4.61. The monoisotopic (exact) mass is 341 g/mol. The lowest BCUT2D eigenvalue weighted by Crippen LogP contribution is -2.30. The number of ether oxygens (including phenoxy) is 3. The molecule has 3 rings (SSSR count). The zero-order chi connectivity index (χ0) is 17.8. The van der Waals surface area contributed by atoms with Gasteiger partial charge in [-0.05, 0) is 67.6 Å². The van der Waals surface area contributed by atoms with E-state index in [0.717, 1.165) is 35.8 Å². The number of hydrogen-bond donors (Lipinski definition) is 1. The topological polar surface area (TPSA) is 39.7 Å². The van der Waals surface area contributed by atoms with Crippen molar-refractivity contribution in [3.63, 3.8) is 0 Å². The smallest absolute Gasteiger partial charge is 0.161 e. The highest BCUT2D eigenvalue weighted by Gasteiger charge is 2.24. The Hall–Kier alpha value is -2.20. The van der Waals surface area contributed by atoms with Crippen LogP contribution >= 0.6 is 0 Å². The molecule has 0 amide bonds. The van der Waals surface area contributed by atoms with Gasteiger partial charge in [0.05, 0.1) is 26.4 Å². The Morgan fingerprint density at radius 1 is 1.00 bits per heavy atom. The molecule has 4 heteroatoms. The molecule has 0 bridgehead atoms. The fourth-order valence-corrected chi connectivity index (χ4v) is 3.48. The van der Waals surface area contributed by atoms with E-state index in [0.29, 0.717) is 13.2 Å². The molecule has 0 aliphatic carbocycles. The number of fused-ring (bicyclic) bond motifs is 1. The van der Waals surface area contributed by atoms with Crippen LogP contribution in [0, 0.1) is 6.92 Å². The standard InChI is InChI=1S/C21H27NO3/c1-5-24-19-12-15-9-10-22-21(17(15)13-20(19)25-6-2)16-7-8-18(23-4)14(3)11-16/h7-8,11-13,21-22H,5-6,9-10H2,1-4H3. The molecule has 0 spiro atoms. The Kier molecular flexibility index (Phi) is 5.49. The van der Waals surface area contributed by atoms with Crippen molar-refractivity contribution in [1.29, 1.82) is 0 Å². The second-order valence-electron chi connectivity index (χ2n) is 6.23. The molecule has 2 aromatic carbocycles. The van der Waals surface area contributed by atoms with E-state index in [4.69, 9.17) is 14.2 Å². The lowest BCUT2D eigenvalue weighted by molar-refractivity contribution is 0.286. The molecule has 1 N–H and O–H groups in total. The molecule has 1 aliphatic rings. The predicted molar refractivity (Wildman–Crippen MR) is 100 cm³/mol. The quantitative estimate of drug-likeness (QED) is 0.861. The van der Waals surface area contributed by atoms with E-state index in [1.165, 1.54) is 16.7 Å². The number of methoxy groups -OCH3 is 1. The molecule has 1 atom stereocenters. The minimum Gasteiger partial charge on any atom is -0.496 e. The minimum absolute atomic E-state index is 0.156. The summed E-state index contributed by atoms with van der Waals surface area (Å²) >= 11 is 0. The van der Waals surface area contributed by atoms with E-state index in [1.54, 1.807) is 7.11 Å². The molecule has 134 valence electrons. The van der Waals surface area contributed by atoms with Crippen molar-refractivity contribution in [2.45, 2.75) is 33.2 Å². The summed E-state index contributed by atoms with van der Waals surface area (Å²) in [5, 5.41) is 3.64. The Balaban J connectivity index is 2.03. The first-order valence-corrected chi connectivity index (χ1v) is 8.98. The average molecular weight is 341 g/mol. The summed E-state index contributed by atoms with van der Waals surface area (Å²) in [6, 6.07) is 10.8. The highest BCUT2D eigenvalue weighted by molar-refractivity contribution is 5.52. The van der Waals surface area contributed by atoms with Crippen molar-refractivity contribution in [3.8, 4) is 17.2 Å². The van der Waals surface area contributed by atoms with E-state index >= 15 is 0 Å². The summed E-state index contributed by atoms with van der Waals surface area (Å²) in [7, 11) is 1.71. The molecule has 0 aromatic heterocycles. The van der Waals surface area contributed by atoms with Gasteiger partial charge in [0.1, 0.15) is 5.75 Å². The highest BCUT2D eigenvalue weighted by atomic mass is 16.5. The van der Waals surface area contributed by atoms with E-state index in [1.807, 2.05) is 19.9 Å². The van der Waals surface area contributed by atoms with E-state index in [9.17, 15) is 0 Å². The van der Waals surface area contributed by atoms with E-state index < -0.39 is 0 Å². The normalized spacial score (nSPS) is 16.2. The summed E-state index contributed by atoms with van der Waals surface area (Å²) < 4.78 is 17.0. The maximum Gasteiger partial charge on any atom is 0.161 e. The van der Waals surface area contributed by atoms with Crippen LogP contribution in [0.2, 0.25) is 0 Å². The van der Waals surface area contributed by atoms with E-state index in [-0.39, 0.29) is 6.04 Å². The summed E-state index contributed by atoms with van der Waals surface area (Å²) in [5.74, 6) is 2.58. The summed E-state index contributed by atoms with van der Waals surface area (Å²) in [6.07, 6.45) is 0.994. The Bertz CT molecular complexity index is 742. The first-order chi connectivity index (χ1) is 12.2. The first-order valence-electron chi connectivity index (χ1n) is 8.98. The lowest BCUT2D eigenvalue weighted by atomic mass is 9.88. The van der Waals surface area contributed by atoms with Gasteiger partial charge in [0.2, 0.25) is 0 Å². The fourth-order valence-electron chi connectivity index (χ4n) is 3.48. The zero-order valence-corrected chi connectivity index (χ0v) is 15.5. The van der Waals surface area contributed by atoms with Crippen LogP contribution in [0.5, 0.6) is 17.2 Å². The van der Waals surface area contributed by atoms with Crippen molar-refractivity contribution in [2.24, 2.45) is 0 Å². The van der Waals surface area contributed by atoms with Gasteiger partial charge in [-0.25, -0.2) is 0 Å². The maximum absolute atomic E-state index is 5.83. The van der Waals surface area contributed by atoms with Crippen molar-refractivity contribution in [1.82, 2.24) is 5.32 Å². The molecule has 2 aromatic rings. The molecular weight excluding hydrogens is 314 g/mol. The molecule has 1 unspecified atom stereocenters. The van der Waals surface area contributed by atoms with Gasteiger partial charge in [-0.1, -0.05) is 12.1 Å². The van der Waals surface area contributed by atoms with Crippen LogP contribution in [0.3, 0.4) is 0 Å². The van der Waals surface area contributed by atoms with Gasteiger partial charge in [-0.3, -0.25) is 0 Å². The summed E-state index contributed by atoms with van der Waals surface area (Å²) in [6.45, 7) is 8.28. The van der Waals surface area contributed by atoms with Crippen molar-refractivity contribution in [3.05, 3.63) is 52.6 Å². The van der Waals surface area contributed by atoms with Crippen LogP contribution in [0.4, 0.5) is 0 Å². The van der Waals surface area contributed by atoms with Gasteiger partial charge in [0, 0.05) is 6.54 Å². The van der Waals surface area contributed by atoms with Gasteiger partial charge in [-0.15, -0.1) is 0 Å². The van der Waals surface area contributed by atoms with Crippen LogP contribution in [0.15, 0.2) is 30.3 Å². The lowest BCUT2D eigenvalue weighted by Gasteiger charge is -2.29. The van der Waals surface area contributed by atoms with Gasteiger partial charge < -0.3 is 19.5 Å². The number of nitrogens with one attached hydrogen (secondary N) is 1. The number of benzene rings is 2. The molecule has 0 radical (unpaired) electrons. The van der Waals surface area contributed by atoms with E-state index in [2.05, 4.69) is 36.5 Å². The maximum atomic E-state index is 5.83. The second kappa shape index (κ2) is 7.79. The largest absolute Gasteiger partial charge is 0.496 e. The Labute approximate surface area is 150 Å². The van der Waals surface area contributed by atoms with Crippen LogP contribution in [0.25, 0.3) is 0 Å². The van der Waals surface area contributed by atoms with Gasteiger partial charge in [0.15, 0.2) is 11.5 Å². The number of rotatable bonds is 6. The third-order valence-corrected chi connectivity index (χ3v) is 4.61. The van der Waals surface area contributed by atoms with Crippen molar-refractivity contribution in [2.75, 3.05) is 26.9 Å². The van der Waals surface area contributed by atoms with Gasteiger partial charge in [0.25, 0.3) is 0 Å². The molecule has 25 heavy (non-hydrogen) atoms.